The van der Waals surface area contributed by atoms with Crippen LogP contribution >= 0.6 is 11.6 Å². The summed E-state index contributed by atoms with van der Waals surface area (Å²) in [5.41, 5.74) is 2.67. The number of ketones is 1. The lowest BCUT2D eigenvalue weighted by Crippen LogP contribution is -2.50. The van der Waals surface area contributed by atoms with Crippen LogP contribution in [0, 0.1) is 19.7 Å². The predicted molar refractivity (Wildman–Crippen MR) is 103 cm³/mol. The van der Waals surface area contributed by atoms with E-state index in [1.165, 1.54) is 18.2 Å². The van der Waals surface area contributed by atoms with Crippen LogP contribution in [0.1, 0.15) is 32.1 Å². The molecular formula is C20H23ClFN3O2. The molecule has 5 nitrogen and oxygen atoms in total. The number of aryl methyl sites for hydroxylation is 1. The molecule has 0 unspecified atom stereocenters. The Morgan fingerprint density at radius 3 is 2.37 bits per heavy atom. The van der Waals surface area contributed by atoms with Gasteiger partial charge in [-0.2, -0.15) is 0 Å². The van der Waals surface area contributed by atoms with Crippen molar-refractivity contribution in [3.05, 3.63) is 57.6 Å². The van der Waals surface area contributed by atoms with E-state index in [1.807, 2.05) is 36.4 Å². The maximum atomic E-state index is 14.0. The molecule has 0 saturated carbocycles. The molecular weight excluding hydrogens is 369 g/mol. The highest BCUT2D eigenvalue weighted by Gasteiger charge is 2.27. The van der Waals surface area contributed by atoms with Crippen molar-refractivity contribution in [3.63, 3.8) is 0 Å². The Hall–Kier alpha value is -2.18. The highest BCUT2D eigenvalue weighted by atomic mass is 35.5. The van der Waals surface area contributed by atoms with Crippen LogP contribution in [0.15, 0.2) is 24.3 Å². The number of nitrogens with zero attached hydrogens (tertiary/aromatic N) is 3. The van der Waals surface area contributed by atoms with Crippen LogP contribution in [-0.2, 0) is 7.05 Å². The second-order valence-corrected chi connectivity index (χ2v) is 7.34. The average molecular weight is 392 g/mol. The van der Waals surface area contributed by atoms with E-state index in [-0.39, 0.29) is 16.4 Å². The van der Waals surface area contributed by atoms with Crippen LogP contribution in [0.5, 0.6) is 0 Å². The zero-order chi connectivity index (χ0) is 19.7. The number of rotatable bonds is 4. The summed E-state index contributed by atoms with van der Waals surface area (Å²) in [4.78, 5) is 28.8. The minimum absolute atomic E-state index is 0.0770. The molecule has 0 atom stereocenters. The van der Waals surface area contributed by atoms with Gasteiger partial charge in [-0.15, -0.1) is 0 Å². The Bertz CT molecular complexity index is 865. The summed E-state index contributed by atoms with van der Waals surface area (Å²) in [6.45, 7) is 6.22. The Balaban J connectivity index is 1.61. The van der Waals surface area contributed by atoms with Crippen molar-refractivity contribution in [1.29, 1.82) is 0 Å². The number of Topliss-reactive ketones (excluding diaryl/α,β-unsaturated/α-hetero) is 1. The summed E-state index contributed by atoms with van der Waals surface area (Å²) in [6.07, 6.45) is 0. The molecule has 27 heavy (non-hydrogen) atoms. The molecule has 2 heterocycles. The van der Waals surface area contributed by atoms with Crippen molar-refractivity contribution in [3.8, 4) is 0 Å². The minimum Gasteiger partial charge on any atom is -0.351 e. The first-order chi connectivity index (χ1) is 12.8. The molecule has 0 radical (unpaired) electrons. The fourth-order valence-corrected chi connectivity index (χ4v) is 3.64. The number of piperazine rings is 1. The van der Waals surface area contributed by atoms with Gasteiger partial charge in [0.25, 0.3) is 5.91 Å². The molecule has 0 spiro atoms. The molecule has 144 valence electrons. The fourth-order valence-electron chi connectivity index (χ4n) is 3.40. The average Bonchev–Trinajstić information content (AvgIpc) is 2.89. The molecule has 2 aromatic rings. The number of carbonyl (C=O) groups excluding carboxylic acids is 2. The first-order valence-corrected chi connectivity index (χ1v) is 9.29. The lowest BCUT2D eigenvalue weighted by Gasteiger charge is -2.34. The van der Waals surface area contributed by atoms with Crippen molar-refractivity contribution >= 4 is 23.3 Å². The van der Waals surface area contributed by atoms with Gasteiger partial charge in [0, 0.05) is 50.2 Å². The molecule has 0 aliphatic carbocycles. The van der Waals surface area contributed by atoms with E-state index in [1.54, 1.807) is 4.90 Å². The largest absolute Gasteiger partial charge is 0.351 e. The third kappa shape index (κ3) is 3.92. The van der Waals surface area contributed by atoms with Crippen molar-refractivity contribution in [2.75, 3.05) is 32.7 Å². The number of hydrogen-bond acceptors (Lipinski definition) is 3. The smallest absolute Gasteiger partial charge is 0.258 e. The molecule has 3 rings (SSSR count). The van der Waals surface area contributed by atoms with Gasteiger partial charge in [-0.05, 0) is 32.0 Å². The van der Waals surface area contributed by atoms with Gasteiger partial charge >= 0.3 is 0 Å². The molecule has 1 aliphatic heterocycles. The summed E-state index contributed by atoms with van der Waals surface area (Å²) < 4.78 is 16.0. The first-order valence-electron chi connectivity index (χ1n) is 8.91. The lowest BCUT2D eigenvalue weighted by molar-refractivity contribution is 0.0620. The van der Waals surface area contributed by atoms with E-state index in [0.29, 0.717) is 32.7 Å². The Kier molecular flexibility index (Phi) is 5.67. The van der Waals surface area contributed by atoms with Crippen LogP contribution in [0.25, 0.3) is 0 Å². The topological polar surface area (TPSA) is 45.6 Å². The number of carbonyl (C=O) groups is 2. The molecule has 7 heteroatoms. The van der Waals surface area contributed by atoms with E-state index < -0.39 is 11.7 Å². The maximum Gasteiger partial charge on any atom is 0.258 e. The molecule has 0 bridgehead atoms. The monoisotopic (exact) mass is 391 g/mol. The standard InChI is InChI=1S/C20H23ClFN3O2/c1-13-11-15(14(2)23(13)3)18(26)12-24-7-9-25(10-8-24)20(27)19-16(21)5-4-6-17(19)22/h4-6,11H,7-10,12H2,1-3H3. The molecule has 1 aromatic carbocycles. The third-order valence-electron chi connectivity index (χ3n) is 5.28. The minimum atomic E-state index is -0.611. The lowest BCUT2D eigenvalue weighted by atomic mass is 10.1. The van der Waals surface area contributed by atoms with Crippen LogP contribution in [-0.4, -0.2) is 58.8 Å². The molecule has 1 amide bonds. The van der Waals surface area contributed by atoms with E-state index in [2.05, 4.69) is 0 Å². The number of hydrogen-bond donors (Lipinski definition) is 0. The van der Waals surface area contributed by atoms with Crippen LogP contribution in [0.2, 0.25) is 5.02 Å². The van der Waals surface area contributed by atoms with Crippen LogP contribution < -0.4 is 0 Å². The SMILES string of the molecule is Cc1cc(C(=O)CN2CCN(C(=O)c3c(F)cccc3Cl)CC2)c(C)n1C. The number of benzene rings is 1. The van der Waals surface area contributed by atoms with E-state index in [0.717, 1.165) is 17.0 Å². The quantitative estimate of drug-likeness (QED) is 0.752. The molecule has 1 aromatic heterocycles. The Morgan fingerprint density at radius 2 is 1.81 bits per heavy atom. The number of aromatic nitrogens is 1. The highest BCUT2D eigenvalue weighted by Crippen LogP contribution is 2.22. The highest BCUT2D eigenvalue weighted by molar-refractivity contribution is 6.33. The van der Waals surface area contributed by atoms with E-state index in [9.17, 15) is 14.0 Å². The van der Waals surface area contributed by atoms with Gasteiger partial charge in [-0.25, -0.2) is 4.39 Å². The van der Waals surface area contributed by atoms with Gasteiger partial charge in [0.1, 0.15) is 5.82 Å². The zero-order valence-electron chi connectivity index (χ0n) is 15.8. The molecule has 0 N–H and O–H groups in total. The molecule has 1 aliphatic rings. The van der Waals surface area contributed by atoms with Crippen LogP contribution in [0.4, 0.5) is 4.39 Å². The van der Waals surface area contributed by atoms with Crippen molar-refractivity contribution in [1.82, 2.24) is 14.4 Å². The summed E-state index contributed by atoms with van der Waals surface area (Å²) in [5, 5.41) is 0.118. The van der Waals surface area contributed by atoms with Gasteiger partial charge in [0.15, 0.2) is 5.78 Å². The van der Waals surface area contributed by atoms with Gasteiger partial charge < -0.3 is 9.47 Å². The predicted octanol–water partition coefficient (Wildman–Crippen LogP) is 3.08. The second kappa shape index (κ2) is 7.82. The molecule has 1 fully saturated rings. The fraction of sp³-hybridized carbons (Fsp3) is 0.400. The summed E-state index contributed by atoms with van der Waals surface area (Å²) in [6, 6.07) is 6.14. The van der Waals surface area contributed by atoms with Crippen molar-refractivity contribution in [2.45, 2.75) is 13.8 Å². The Labute approximate surface area is 163 Å². The van der Waals surface area contributed by atoms with Gasteiger partial charge in [0.2, 0.25) is 0 Å². The Morgan fingerprint density at radius 1 is 1.15 bits per heavy atom. The normalized spacial score (nSPS) is 15.2. The van der Waals surface area contributed by atoms with Crippen molar-refractivity contribution < 1.29 is 14.0 Å². The zero-order valence-corrected chi connectivity index (χ0v) is 16.5. The second-order valence-electron chi connectivity index (χ2n) is 6.93. The van der Waals surface area contributed by atoms with E-state index >= 15 is 0 Å². The van der Waals surface area contributed by atoms with Crippen molar-refractivity contribution in [2.24, 2.45) is 7.05 Å². The first kappa shape index (κ1) is 19.6. The van der Waals surface area contributed by atoms with E-state index in [4.69, 9.17) is 11.6 Å². The van der Waals surface area contributed by atoms with Gasteiger partial charge in [-0.1, -0.05) is 17.7 Å². The molecule has 1 saturated heterocycles. The third-order valence-corrected chi connectivity index (χ3v) is 5.59. The van der Waals surface area contributed by atoms with Gasteiger partial charge in [-0.3, -0.25) is 14.5 Å². The number of amides is 1. The van der Waals surface area contributed by atoms with Crippen LogP contribution in [0.3, 0.4) is 0 Å². The maximum absolute atomic E-state index is 14.0. The van der Waals surface area contributed by atoms with Gasteiger partial charge in [0.05, 0.1) is 17.1 Å². The summed E-state index contributed by atoms with van der Waals surface area (Å²) in [5.74, 6) is -0.938. The number of halogens is 2. The summed E-state index contributed by atoms with van der Waals surface area (Å²) >= 11 is 5.99. The summed E-state index contributed by atoms with van der Waals surface area (Å²) in [7, 11) is 1.94.